The van der Waals surface area contributed by atoms with Gasteiger partial charge in [0.25, 0.3) is 5.91 Å². The average Bonchev–Trinajstić information content (AvgIpc) is 3.46. The molecule has 33 heavy (non-hydrogen) atoms. The van der Waals surface area contributed by atoms with Crippen molar-refractivity contribution in [2.75, 3.05) is 13.1 Å². The molecule has 1 atom stereocenters. The van der Waals surface area contributed by atoms with E-state index in [4.69, 9.17) is 4.98 Å². The first-order valence-electron chi connectivity index (χ1n) is 11.2. The first-order valence-corrected chi connectivity index (χ1v) is 11.2. The van der Waals surface area contributed by atoms with E-state index in [0.29, 0.717) is 48.3 Å². The van der Waals surface area contributed by atoms with Crippen LogP contribution in [0.4, 0.5) is 0 Å². The number of likely N-dealkylation sites (N-methyl/N-ethyl adjacent to an activating group) is 1. The molecular weight excluding hydrogens is 414 g/mol. The number of amides is 2. The van der Waals surface area contributed by atoms with Gasteiger partial charge in [0.05, 0.1) is 29.4 Å². The Morgan fingerprint density at radius 3 is 2.52 bits per heavy atom. The molecule has 0 unspecified atom stereocenters. The monoisotopic (exact) mass is 439 g/mol. The predicted octanol–water partition coefficient (Wildman–Crippen LogP) is 3.50. The zero-order valence-corrected chi connectivity index (χ0v) is 18.4. The van der Waals surface area contributed by atoms with Crippen molar-refractivity contribution in [1.29, 1.82) is 0 Å². The largest absolute Gasteiger partial charge is 0.354 e. The SMILES string of the molecule is CCN(C(=O)c1cc(-c2ccccc2)nc2c1cnn2Cc1ccccc1)[C@@H]1CCNC1=O. The number of pyridine rings is 1. The van der Waals surface area contributed by atoms with Crippen LogP contribution in [0.2, 0.25) is 0 Å². The quantitative estimate of drug-likeness (QED) is 0.499. The number of nitrogens with zero attached hydrogens (tertiary/aromatic N) is 4. The van der Waals surface area contributed by atoms with Gasteiger partial charge in [-0.3, -0.25) is 9.59 Å². The van der Waals surface area contributed by atoms with Crippen molar-refractivity contribution in [2.45, 2.75) is 25.9 Å². The lowest BCUT2D eigenvalue weighted by Gasteiger charge is -2.26. The van der Waals surface area contributed by atoms with Crippen molar-refractivity contribution in [1.82, 2.24) is 25.0 Å². The Labute approximate surface area is 192 Å². The first-order chi connectivity index (χ1) is 16.2. The van der Waals surface area contributed by atoms with E-state index in [9.17, 15) is 9.59 Å². The molecule has 166 valence electrons. The minimum Gasteiger partial charge on any atom is -0.354 e. The minimum atomic E-state index is -0.453. The summed E-state index contributed by atoms with van der Waals surface area (Å²) < 4.78 is 1.83. The second kappa shape index (κ2) is 8.86. The molecule has 7 heteroatoms. The van der Waals surface area contributed by atoms with Gasteiger partial charge >= 0.3 is 0 Å². The van der Waals surface area contributed by atoms with Crippen LogP contribution in [-0.2, 0) is 11.3 Å². The van der Waals surface area contributed by atoms with Crippen molar-refractivity contribution in [3.8, 4) is 11.3 Å². The summed E-state index contributed by atoms with van der Waals surface area (Å²) >= 11 is 0. The van der Waals surface area contributed by atoms with E-state index in [1.54, 1.807) is 11.1 Å². The van der Waals surface area contributed by atoms with Gasteiger partial charge in [0.2, 0.25) is 5.91 Å². The van der Waals surface area contributed by atoms with Crippen LogP contribution in [0, 0.1) is 0 Å². The molecule has 0 spiro atoms. The predicted molar refractivity (Wildman–Crippen MR) is 127 cm³/mol. The smallest absolute Gasteiger partial charge is 0.255 e. The second-order valence-electron chi connectivity index (χ2n) is 8.13. The van der Waals surface area contributed by atoms with Crippen LogP contribution < -0.4 is 5.32 Å². The Morgan fingerprint density at radius 1 is 1.12 bits per heavy atom. The van der Waals surface area contributed by atoms with E-state index in [-0.39, 0.29) is 11.8 Å². The van der Waals surface area contributed by atoms with Crippen molar-refractivity contribution < 1.29 is 9.59 Å². The summed E-state index contributed by atoms with van der Waals surface area (Å²) in [6, 6.07) is 21.2. The van der Waals surface area contributed by atoms with Crippen LogP contribution in [0.25, 0.3) is 22.3 Å². The van der Waals surface area contributed by atoms with Crippen LogP contribution >= 0.6 is 0 Å². The van der Waals surface area contributed by atoms with Gasteiger partial charge in [0.15, 0.2) is 5.65 Å². The Bertz CT molecular complexity index is 1300. The van der Waals surface area contributed by atoms with Gasteiger partial charge in [-0.2, -0.15) is 5.10 Å². The molecular formula is C26H25N5O2. The molecule has 2 aromatic heterocycles. The third-order valence-corrected chi connectivity index (χ3v) is 6.08. The Balaban J connectivity index is 1.64. The third-order valence-electron chi connectivity index (χ3n) is 6.08. The van der Waals surface area contributed by atoms with Crippen molar-refractivity contribution in [2.24, 2.45) is 0 Å². The zero-order valence-electron chi connectivity index (χ0n) is 18.4. The van der Waals surface area contributed by atoms with Gasteiger partial charge < -0.3 is 10.2 Å². The van der Waals surface area contributed by atoms with E-state index in [2.05, 4.69) is 10.4 Å². The van der Waals surface area contributed by atoms with Crippen LogP contribution in [0.3, 0.4) is 0 Å². The number of hydrogen-bond donors (Lipinski definition) is 1. The second-order valence-corrected chi connectivity index (χ2v) is 8.13. The van der Waals surface area contributed by atoms with E-state index in [0.717, 1.165) is 11.1 Å². The number of nitrogens with one attached hydrogen (secondary N) is 1. The standard InChI is InChI=1S/C26H25N5O2/c1-2-30(23-13-14-27-25(23)32)26(33)20-15-22(19-11-7-4-8-12-19)29-24-21(20)16-28-31(24)17-18-9-5-3-6-10-18/h3-12,15-16,23H,2,13-14,17H2,1H3,(H,27,32)/t23-/m1/s1. The Hall–Kier alpha value is -4.00. The highest BCUT2D eigenvalue weighted by molar-refractivity contribution is 6.08. The molecule has 3 heterocycles. The highest BCUT2D eigenvalue weighted by Crippen LogP contribution is 2.27. The van der Waals surface area contributed by atoms with Gasteiger partial charge in [0, 0.05) is 18.7 Å². The van der Waals surface area contributed by atoms with Gasteiger partial charge in [-0.05, 0) is 25.0 Å². The lowest BCUT2D eigenvalue weighted by Crippen LogP contribution is -2.44. The van der Waals surface area contributed by atoms with E-state index in [1.165, 1.54) is 0 Å². The molecule has 0 aliphatic carbocycles. The molecule has 1 saturated heterocycles. The third kappa shape index (κ3) is 3.98. The number of aromatic nitrogens is 3. The Kier molecular flexibility index (Phi) is 5.60. The van der Waals surface area contributed by atoms with Crippen molar-refractivity contribution >= 4 is 22.8 Å². The summed E-state index contributed by atoms with van der Waals surface area (Å²) in [5.41, 5.74) is 3.88. The van der Waals surface area contributed by atoms with E-state index < -0.39 is 6.04 Å². The summed E-state index contributed by atoms with van der Waals surface area (Å²) in [6.07, 6.45) is 2.32. The summed E-state index contributed by atoms with van der Waals surface area (Å²) in [5, 5.41) is 8.09. The van der Waals surface area contributed by atoms with Gasteiger partial charge in [-0.25, -0.2) is 9.67 Å². The summed E-state index contributed by atoms with van der Waals surface area (Å²) in [5.74, 6) is -0.276. The molecule has 1 aliphatic rings. The minimum absolute atomic E-state index is 0.0986. The number of fused-ring (bicyclic) bond motifs is 1. The molecule has 0 saturated carbocycles. The number of carbonyl (C=O) groups is 2. The maximum absolute atomic E-state index is 13.8. The summed E-state index contributed by atoms with van der Waals surface area (Å²) in [6.45, 7) is 3.48. The normalized spacial score (nSPS) is 15.5. The number of hydrogen-bond acceptors (Lipinski definition) is 4. The first kappa shape index (κ1) is 20.9. The summed E-state index contributed by atoms with van der Waals surface area (Å²) in [4.78, 5) is 32.6. The molecule has 0 radical (unpaired) electrons. The molecule has 0 bridgehead atoms. The lowest BCUT2D eigenvalue weighted by molar-refractivity contribution is -0.123. The zero-order chi connectivity index (χ0) is 22.8. The molecule has 2 aromatic carbocycles. The fourth-order valence-corrected chi connectivity index (χ4v) is 4.39. The van der Waals surface area contributed by atoms with Crippen LogP contribution in [0.15, 0.2) is 72.9 Å². The molecule has 1 aliphatic heterocycles. The van der Waals surface area contributed by atoms with Gasteiger partial charge in [-0.15, -0.1) is 0 Å². The van der Waals surface area contributed by atoms with Crippen LogP contribution in [-0.4, -0.2) is 50.6 Å². The molecule has 1 fully saturated rings. The number of rotatable bonds is 6. The molecule has 2 amide bonds. The maximum atomic E-state index is 13.8. The molecule has 5 rings (SSSR count). The fourth-order valence-electron chi connectivity index (χ4n) is 4.39. The van der Waals surface area contributed by atoms with E-state index >= 15 is 0 Å². The average molecular weight is 440 g/mol. The highest BCUT2D eigenvalue weighted by atomic mass is 16.2. The van der Waals surface area contributed by atoms with Crippen LogP contribution in [0.1, 0.15) is 29.3 Å². The van der Waals surface area contributed by atoms with Crippen LogP contribution in [0.5, 0.6) is 0 Å². The number of benzene rings is 2. The van der Waals surface area contributed by atoms with Crippen molar-refractivity contribution in [3.05, 3.63) is 84.1 Å². The fraction of sp³-hybridized carbons (Fsp3) is 0.231. The molecule has 1 N–H and O–H groups in total. The van der Waals surface area contributed by atoms with Gasteiger partial charge in [0.1, 0.15) is 6.04 Å². The number of carbonyl (C=O) groups excluding carboxylic acids is 2. The van der Waals surface area contributed by atoms with Crippen molar-refractivity contribution in [3.63, 3.8) is 0 Å². The molecule has 4 aromatic rings. The Morgan fingerprint density at radius 2 is 1.85 bits per heavy atom. The van der Waals surface area contributed by atoms with Gasteiger partial charge in [-0.1, -0.05) is 60.7 Å². The highest BCUT2D eigenvalue weighted by Gasteiger charge is 2.34. The summed E-state index contributed by atoms with van der Waals surface area (Å²) in [7, 11) is 0. The lowest BCUT2D eigenvalue weighted by atomic mass is 10.0. The molecule has 7 nitrogen and oxygen atoms in total. The topological polar surface area (TPSA) is 80.1 Å². The maximum Gasteiger partial charge on any atom is 0.255 e. The van der Waals surface area contributed by atoms with E-state index in [1.807, 2.05) is 78.3 Å².